The highest BCUT2D eigenvalue weighted by Crippen LogP contribution is 2.39. The zero-order valence-corrected chi connectivity index (χ0v) is 18.6. The third kappa shape index (κ3) is 4.65. The Bertz CT molecular complexity index is 866. The van der Waals surface area contributed by atoms with Crippen molar-refractivity contribution in [3.05, 3.63) is 29.8 Å². The van der Waals surface area contributed by atoms with E-state index in [1.807, 2.05) is 25.1 Å². The number of amides is 1. The molecule has 1 N–H and O–H groups in total. The maximum absolute atomic E-state index is 13.4. The number of nitrogens with one attached hydrogen (secondary N) is 1. The fourth-order valence-corrected chi connectivity index (χ4v) is 5.92. The van der Waals surface area contributed by atoms with E-state index in [9.17, 15) is 13.2 Å². The second kappa shape index (κ2) is 8.85. The van der Waals surface area contributed by atoms with Crippen LogP contribution in [0, 0.1) is 0 Å². The molecule has 5 rings (SSSR count). The summed E-state index contributed by atoms with van der Waals surface area (Å²) in [6, 6.07) is 7.40. The molecule has 1 saturated heterocycles. The average molecular weight is 437 g/mol. The molecule has 1 aromatic rings. The predicted octanol–water partition coefficient (Wildman–Crippen LogP) is 2.42. The molecule has 1 aromatic carbocycles. The first-order chi connectivity index (χ1) is 14.4. The molecule has 0 aromatic heterocycles. The molecule has 3 atom stereocenters. The van der Waals surface area contributed by atoms with Gasteiger partial charge in [-0.3, -0.25) is 4.79 Å². The van der Waals surface area contributed by atoms with Gasteiger partial charge in [-0.05, 0) is 56.1 Å². The van der Waals surface area contributed by atoms with E-state index in [2.05, 4.69) is 10.8 Å². The van der Waals surface area contributed by atoms with Gasteiger partial charge in [0.05, 0.1) is 25.0 Å². The quantitative estimate of drug-likeness (QED) is 0.787. The standard InChI is InChI=1S/C22H32N2O5S/c1-3-20-22(25)24-13-12-18(23-30(2,26)27)19(24)14-28-16-10-8-15(9-11-16)17-6-4-5-7-21(17)29-20/h4-7,15-16,18-20,23H,3,8-14H2,1-2H3/t15?,16?,18?,19-,20?/m0/s1. The van der Waals surface area contributed by atoms with E-state index < -0.39 is 16.1 Å². The van der Waals surface area contributed by atoms with Crippen molar-refractivity contribution in [2.75, 3.05) is 19.4 Å². The Morgan fingerprint density at radius 2 is 1.87 bits per heavy atom. The summed E-state index contributed by atoms with van der Waals surface area (Å²) in [6.07, 6.45) is 5.80. The van der Waals surface area contributed by atoms with E-state index in [4.69, 9.17) is 9.47 Å². The number of hydrogen-bond donors (Lipinski definition) is 1. The third-order valence-electron chi connectivity index (χ3n) is 6.65. The highest BCUT2D eigenvalue weighted by atomic mass is 32.2. The number of para-hydroxylation sites is 1. The molecule has 1 aliphatic carbocycles. The lowest BCUT2D eigenvalue weighted by atomic mass is 9.82. The highest BCUT2D eigenvalue weighted by molar-refractivity contribution is 7.88. The molecule has 3 aliphatic heterocycles. The molecule has 3 heterocycles. The summed E-state index contributed by atoms with van der Waals surface area (Å²) in [7, 11) is -3.38. The summed E-state index contributed by atoms with van der Waals surface area (Å²) in [5.41, 5.74) is 1.18. The van der Waals surface area contributed by atoms with Gasteiger partial charge in [0.25, 0.3) is 5.91 Å². The molecule has 0 spiro atoms. The first-order valence-electron chi connectivity index (χ1n) is 11.0. The van der Waals surface area contributed by atoms with Crippen LogP contribution in [-0.4, -0.2) is 62.9 Å². The van der Waals surface area contributed by atoms with Gasteiger partial charge in [0.2, 0.25) is 10.0 Å². The smallest absolute Gasteiger partial charge is 0.264 e. The van der Waals surface area contributed by atoms with Crippen LogP contribution < -0.4 is 9.46 Å². The minimum absolute atomic E-state index is 0.0923. The first kappa shape index (κ1) is 21.6. The fourth-order valence-electron chi connectivity index (χ4n) is 5.09. The molecule has 4 aliphatic rings. The Morgan fingerprint density at radius 3 is 2.57 bits per heavy atom. The molecular weight excluding hydrogens is 404 g/mol. The van der Waals surface area contributed by atoms with Crippen LogP contribution in [-0.2, 0) is 19.6 Å². The van der Waals surface area contributed by atoms with E-state index in [-0.39, 0.29) is 24.1 Å². The number of rotatable bonds is 3. The number of benzene rings is 1. The van der Waals surface area contributed by atoms with Crippen molar-refractivity contribution in [1.82, 2.24) is 9.62 Å². The Balaban J connectivity index is 1.66. The number of ether oxygens (including phenoxy) is 2. The number of nitrogens with zero attached hydrogens (tertiary/aromatic N) is 1. The van der Waals surface area contributed by atoms with Gasteiger partial charge in [0.1, 0.15) is 5.75 Å². The summed E-state index contributed by atoms with van der Waals surface area (Å²) in [6.45, 7) is 2.79. The van der Waals surface area contributed by atoms with Gasteiger partial charge in [0.15, 0.2) is 6.10 Å². The van der Waals surface area contributed by atoms with Crippen LogP contribution in [0.4, 0.5) is 0 Å². The van der Waals surface area contributed by atoms with Crippen molar-refractivity contribution in [1.29, 1.82) is 0 Å². The largest absolute Gasteiger partial charge is 0.480 e. The van der Waals surface area contributed by atoms with E-state index in [1.54, 1.807) is 4.90 Å². The van der Waals surface area contributed by atoms with Gasteiger partial charge in [-0.1, -0.05) is 25.1 Å². The Labute approximate surface area is 179 Å². The minimum Gasteiger partial charge on any atom is -0.480 e. The van der Waals surface area contributed by atoms with Crippen molar-refractivity contribution in [2.24, 2.45) is 0 Å². The average Bonchev–Trinajstić information content (AvgIpc) is 3.11. The number of carbonyl (C=O) groups is 1. The van der Waals surface area contributed by atoms with Crippen molar-refractivity contribution in [3.63, 3.8) is 0 Å². The third-order valence-corrected chi connectivity index (χ3v) is 7.38. The van der Waals surface area contributed by atoms with Crippen LogP contribution in [0.5, 0.6) is 5.75 Å². The lowest BCUT2D eigenvalue weighted by Crippen LogP contribution is -2.52. The zero-order valence-electron chi connectivity index (χ0n) is 17.7. The van der Waals surface area contributed by atoms with Crippen molar-refractivity contribution in [3.8, 4) is 5.75 Å². The van der Waals surface area contributed by atoms with Crippen LogP contribution >= 0.6 is 0 Å². The lowest BCUT2D eigenvalue weighted by Gasteiger charge is -2.32. The second-order valence-electron chi connectivity index (χ2n) is 8.74. The first-order valence-corrected chi connectivity index (χ1v) is 12.9. The summed E-state index contributed by atoms with van der Waals surface area (Å²) in [4.78, 5) is 15.2. The van der Waals surface area contributed by atoms with E-state index in [0.29, 0.717) is 31.9 Å². The Hall–Kier alpha value is -1.64. The molecule has 2 bridgehead atoms. The van der Waals surface area contributed by atoms with Gasteiger partial charge in [0, 0.05) is 12.6 Å². The summed E-state index contributed by atoms with van der Waals surface area (Å²) in [5.74, 6) is 1.11. The molecule has 2 unspecified atom stereocenters. The molecule has 30 heavy (non-hydrogen) atoms. The topological polar surface area (TPSA) is 84.9 Å². The van der Waals surface area contributed by atoms with Gasteiger partial charge < -0.3 is 14.4 Å². The normalized spacial score (nSPS) is 32.4. The van der Waals surface area contributed by atoms with E-state index in [0.717, 1.165) is 37.7 Å². The van der Waals surface area contributed by atoms with Crippen molar-refractivity contribution < 1.29 is 22.7 Å². The van der Waals surface area contributed by atoms with Crippen LogP contribution in [0.15, 0.2) is 24.3 Å². The SMILES string of the molecule is CCC1Oc2ccccc2C2CCC(CC2)OC[C@H]2C(NS(C)(=O)=O)CCN2C1=O. The highest BCUT2D eigenvalue weighted by Gasteiger charge is 2.42. The van der Waals surface area contributed by atoms with Crippen LogP contribution in [0.25, 0.3) is 0 Å². The molecule has 0 radical (unpaired) electrons. The second-order valence-corrected chi connectivity index (χ2v) is 10.5. The summed E-state index contributed by atoms with van der Waals surface area (Å²) >= 11 is 0. The lowest BCUT2D eigenvalue weighted by molar-refractivity contribution is -0.141. The van der Waals surface area contributed by atoms with E-state index in [1.165, 1.54) is 5.56 Å². The maximum Gasteiger partial charge on any atom is 0.264 e. The van der Waals surface area contributed by atoms with Crippen molar-refractivity contribution >= 4 is 15.9 Å². The Kier molecular flexibility index (Phi) is 6.36. The Morgan fingerprint density at radius 1 is 1.13 bits per heavy atom. The number of sulfonamides is 1. The fraction of sp³-hybridized carbons (Fsp3) is 0.682. The van der Waals surface area contributed by atoms with Crippen LogP contribution in [0.1, 0.15) is 56.9 Å². The van der Waals surface area contributed by atoms with Gasteiger partial charge in [-0.25, -0.2) is 13.1 Å². The van der Waals surface area contributed by atoms with Crippen LogP contribution in [0.2, 0.25) is 0 Å². The molecule has 7 nitrogen and oxygen atoms in total. The van der Waals surface area contributed by atoms with Gasteiger partial charge in [-0.2, -0.15) is 0 Å². The minimum atomic E-state index is -3.38. The molecule has 2 fully saturated rings. The molecule has 8 heteroatoms. The molecule has 166 valence electrons. The molecular formula is C22H32N2O5S. The number of hydrogen-bond acceptors (Lipinski definition) is 5. The molecule has 1 saturated carbocycles. The maximum atomic E-state index is 13.4. The van der Waals surface area contributed by atoms with E-state index >= 15 is 0 Å². The number of fused-ring (bicyclic) bond motifs is 5. The summed E-state index contributed by atoms with van der Waals surface area (Å²) < 4.78 is 39.0. The van der Waals surface area contributed by atoms with Crippen molar-refractivity contribution in [2.45, 2.75) is 75.7 Å². The monoisotopic (exact) mass is 436 g/mol. The summed E-state index contributed by atoms with van der Waals surface area (Å²) in [5, 5.41) is 0. The van der Waals surface area contributed by atoms with Crippen LogP contribution in [0.3, 0.4) is 0 Å². The van der Waals surface area contributed by atoms with Gasteiger partial charge in [-0.15, -0.1) is 0 Å². The van der Waals surface area contributed by atoms with Gasteiger partial charge >= 0.3 is 0 Å². The molecule has 1 amide bonds. The zero-order chi connectivity index (χ0) is 21.3. The predicted molar refractivity (Wildman–Crippen MR) is 114 cm³/mol. The number of carbonyl (C=O) groups excluding carboxylic acids is 1.